The van der Waals surface area contributed by atoms with Gasteiger partial charge >= 0.3 is 23.9 Å². The molecule has 3 fully saturated rings. The van der Waals surface area contributed by atoms with Crippen molar-refractivity contribution in [1.82, 2.24) is 0 Å². The van der Waals surface area contributed by atoms with Crippen LogP contribution < -0.4 is 0 Å². The Kier molecular flexibility index (Phi) is 8.96. The first kappa shape index (κ1) is 34.4. The lowest BCUT2D eigenvalue weighted by Crippen LogP contribution is -2.82. The molecule has 9 unspecified atom stereocenters. The zero-order chi connectivity index (χ0) is 34.0. The second-order valence-corrected chi connectivity index (χ2v) is 13.9. The molecule has 2 saturated carbocycles. The van der Waals surface area contributed by atoms with Crippen LogP contribution in [0, 0.1) is 16.7 Å². The van der Waals surface area contributed by atoms with E-state index in [1.165, 1.54) is 20.8 Å². The molecule has 2 N–H and O–H groups in total. The summed E-state index contributed by atoms with van der Waals surface area (Å²) in [4.78, 5) is 51.8. The first-order valence-electron chi connectivity index (χ1n) is 15.3. The van der Waals surface area contributed by atoms with E-state index in [1.807, 2.05) is 0 Å². The molecular weight excluding hydrogens is 619 g/mol. The van der Waals surface area contributed by atoms with E-state index >= 15 is 0 Å². The van der Waals surface area contributed by atoms with Gasteiger partial charge in [0.2, 0.25) is 0 Å². The minimum absolute atomic E-state index is 0.128. The molecule has 0 amide bonds. The van der Waals surface area contributed by atoms with Gasteiger partial charge in [0.05, 0.1) is 24.2 Å². The Labute approximate surface area is 270 Å². The number of hydrogen-bond acceptors (Lipinski definition) is 12. The Bertz CT molecular complexity index is 1440. The van der Waals surface area contributed by atoms with E-state index in [0.29, 0.717) is 11.1 Å². The van der Waals surface area contributed by atoms with Crippen molar-refractivity contribution < 1.29 is 57.6 Å². The summed E-state index contributed by atoms with van der Waals surface area (Å²) in [7, 11) is 2.20. The number of fused-ring (bicyclic) bond motifs is 5. The molecule has 0 radical (unpaired) electrons. The molecule has 0 aromatic heterocycles. The Morgan fingerprint density at radius 2 is 1.59 bits per heavy atom. The topological polar surface area (TPSA) is 164 Å². The van der Waals surface area contributed by atoms with Crippen LogP contribution >= 0.6 is 9.47 Å². The van der Waals surface area contributed by atoms with Gasteiger partial charge in [0.25, 0.3) is 0 Å². The van der Waals surface area contributed by atoms with Crippen molar-refractivity contribution in [3.63, 3.8) is 0 Å². The second kappa shape index (κ2) is 12.0. The summed E-state index contributed by atoms with van der Waals surface area (Å²) in [5.74, 6) is -3.95. The van der Waals surface area contributed by atoms with Crippen molar-refractivity contribution in [2.45, 2.75) is 109 Å². The number of esters is 4. The number of aliphatic hydroxyl groups excluding tert-OH is 1. The largest absolute Gasteiger partial charge is 0.458 e. The summed E-state index contributed by atoms with van der Waals surface area (Å²) < 4.78 is 36.0. The van der Waals surface area contributed by atoms with Gasteiger partial charge in [-0.1, -0.05) is 39.0 Å². The third kappa shape index (κ3) is 5.08. The van der Waals surface area contributed by atoms with Gasteiger partial charge in [0.1, 0.15) is 30.0 Å². The Hall–Kier alpha value is -2.89. The fraction of sp³-hybridized carbons (Fsp3) is 0.636. The van der Waals surface area contributed by atoms with E-state index in [4.69, 9.17) is 28.2 Å². The van der Waals surface area contributed by atoms with Gasteiger partial charge in [-0.15, -0.1) is 0 Å². The number of aliphatic hydroxyl groups is 2. The van der Waals surface area contributed by atoms with Crippen LogP contribution in [0.5, 0.6) is 0 Å². The van der Waals surface area contributed by atoms with Gasteiger partial charge in [-0.05, 0) is 30.2 Å². The summed E-state index contributed by atoms with van der Waals surface area (Å²) in [5, 5.41) is 25.9. The van der Waals surface area contributed by atoms with Crippen LogP contribution in [0.1, 0.15) is 71.7 Å². The molecule has 5 rings (SSSR count). The molecule has 11 atom stereocenters. The van der Waals surface area contributed by atoms with Gasteiger partial charge in [0.15, 0.2) is 11.7 Å². The van der Waals surface area contributed by atoms with E-state index in [2.05, 4.69) is 9.47 Å². The van der Waals surface area contributed by atoms with Crippen LogP contribution in [0.2, 0.25) is 0 Å². The third-order valence-electron chi connectivity index (χ3n) is 10.9. The van der Waals surface area contributed by atoms with Gasteiger partial charge in [-0.2, -0.15) is 0 Å². The maximum Gasteiger partial charge on any atom is 0.338 e. The normalized spacial score (nSPS) is 39.3. The number of ether oxygens (including phenoxy) is 5. The minimum Gasteiger partial charge on any atom is -0.458 e. The average molecular weight is 663 g/mol. The van der Waals surface area contributed by atoms with Crippen molar-refractivity contribution in [1.29, 1.82) is 0 Å². The molecule has 1 aromatic carbocycles. The summed E-state index contributed by atoms with van der Waals surface area (Å²) in [6.45, 7) is 10.3. The lowest BCUT2D eigenvalue weighted by atomic mass is 9.44. The van der Waals surface area contributed by atoms with Crippen LogP contribution in [0.3, 0.4) is 0 Å². The summed E-state index contributed by atoms with van der Waals surface area (Å²) in [5.41, 5.74) is -5.47. The molecule has 4 aliphatic rings. The summed E-state index contributed by atoms with van der Waals surface area (Å²) in [6.07, 6.45) is -7.18. The van der Waals surface area contributed by atoms with E-state index in [1.54, 1.807) is 58.0 Å². The molecule has 2 bridgehead atoms. The maximum atomic E-state index is 14.0. The minimum atomic E-state index is -2.06. The first-order valence-corrected chi connectivity index (χ1v) is 15.8. The fourth-order valence-electron chi connectivity index (χ4n) is 8.64. The summed E-state index contributed by atoms with van der Waals surface area (Å²) in [6, 6.07) is 8.21. The van der Waals surface area contributed by atoms with Crippen LogP contribution in [0.4, 0.5) is 0 Å². The molecule has 1 heterocycles. The highest BCUT2D eigenvalue weighted by Crippen LogP contribution is 2.66. The molecule has 13 heteroatoms. The number of rotatable bonds is 6. The third-order valence-corrected chi connectivity index (χ3v) is 11.2. The van der Waals surface area contributed by atoms with Gasteiger partial charge in [-0.25, -0.2) is 4.79 Å². The Morgan fingerprint density at radius 3 is 2.11 bits per heavy atom. The average Bonchev–Trinajstić information content (AvgIpc) is 2.96. The lowest BCUT2D eigenvalue weighted by Gasteiger charge is -2.69. The highest BCUT2D eigenvalue weighted by molar-refractivity contribution is 7.09. The zero-order valence-electron chi connectivity index (χ0n) is 27.1. The fourth-order valence-corrected chi connectivity index (χ4v) is 9.05. The maximum absolute atomic E-state index is 14.0. The van der Waals surface area contributed by atoms with Crippen LogP contribution in [0.25, 0.3) is 0 Å². The van der Waals surface area contributed by atoms with Crippen LogP contribution in [0.15, 0.2) is 41.5 Å². The van der Waals surface area contributed by atoms with E-state index in [-0.39, 0.29) is 25.0 Å². The highest BCUT2D eigenvalue weighted by atomic mass is 31.0. The molecule has 3 aliphatic carbocycles. The number of benzene rings is 1. The predicted octanol–water partition coefficient (Wildman–Crippen LogP) is 2.83. The number of carbonyl (C=O) groups is 4. The lowest BCUT2D eigenvalue weighted by molar-refractivity contribution is -0.362. The van der Waals surface area contributed by atoms with Crippen molar-refractivity contribution in [2.24, 2.45) is 16.7 Å². The molecule has 1 aliphatic heterocycles. The van der Waals surface area contributed by atoms with Gasteiger partial charge in [0, 0.05) is 53.9 Å². The monoisotopic (exact) mass is 662 g/mol. The number of hydrogen-bond donors (Lipinski definition) is 2. The first-order chi connectivity index (χ1) is 21.5. The molecule has 252 valence electrons. The molecule has 0 spiro atoms. The van der Waals surface area contributed by atoms with E-state index in [0.717, 1.165) is 0 Å². The van der Waals surface area contributed by atoms with Gasteiger partial charge in [-0.3, -0.25) is 14.4 Å². The quantitative estimate of drug-likeness (QED) is 0.199. The Balaban J connectivity index is 1.87. The second-order valence-electron chi connectivity index (χ2n) is 13.7. The molecular formula is C33H43O12P. The Morgan fingerprint density at radius 1 is 0.957 bits per heavy atom. The molecule has 1 saturated heterocycles. The van der Waals surface area contributed by atoms with Crippen LogP contribution in [-0.2, 0) is 42.6 Å². The van der Waals surface area contributed by atoms with Crippen molar-refractivity contribution in [3.8, 4) is 0 Å². The molecule has 12 nitrogen and oxygen atoms in total. The summed E-state index contributed by atoms with van der Waals surface area (Å²) >= 11 is 0. The van der Waals surface area contributed by atoms with Gasteiger partial charge < -0.3 is 38.4 Å². The van der Waals surface area contributed by atoms with Crippen LogP contribution in [-0.4, -0.2) is 88.5 Å². The SMILES string of the molecule is CC(=O)OC1CC2(O)C(OC(=O)c3ccccc3)C3[C@]4(OC(C)=O)COC4CC(OP)[C@@]3(C)C(O)C(OC(C)=O)C(=C1C)C2(C)C. The van der Waals surface area contributed by atoms with E-state index < -0.39 is 88.5 Å². The molecule has 1 aromatic rings. The zero-order valence-corrected chi connectivity index (χ0v) is 28.3. The number of carbonyl (C=O) groups excluding carboxylic acids is 4. The van der Waals surface area contributed by atoms with Crippen molar-refractivity contribution in [3.05, 3.63) is 47.0 Å². The van der Waals surface area contributed by atoms with E-state index in [9.17, 15) is 29.4 Å². The molecule has 46 heavy (non-hydrogen) atoms. The predicted molar refractivity (Wildman–Crippen MR) is 164 cm³/mol. The van der Waals surface area contributed by atoms with Crippen molar-refractivity contribution in [2.75, 3.05) is 6.61 Å². The standard InChI is InChI=1S/C33H43O12P/c1-16-21(41-17(2)34)14-33(39)28(43-29(38)20-11-9-8-10-12-20)26-31(7,27(37)25(42-18(3)35)24(16)30(33,5)6)22(45-46)13-23-32(26,15-40-23)44-19(4)36/h8-12,21-23,25-28,37,39H,13-15,46H2,1-7H3/t21?,22?,23?,25?,26?,27?,28?,31-,32+,33?/m1/s1. The van der Waals surface area contributed by atoms with Crippen molar-refractivity contribution >= 4 is 33.3 Å². The smallest absolute Gasteiger partial charge is 0.338 e. The highest BCUT2D eigenvalue weighted by Gasteiger charge is 2.78.